The Labute approximate surface area is 292 Å². The fourth-order valence-corrected chi connectivity index (χ4v) is 7.38. The zero-order valence-electron chi connectivity index (χ0n) is 27.8. The van der Waals surface area contributed by atoms with Crippen molar-refractivity contribution in [3.63, 3.8) is 0 Å². The molecule has 0 saturated heterocycles. The van der Waals surface area contributed by atoms with Gasteiger partial charge in [-0.1, -0.05) is 122 Å². The van der Waals surface area contributed by atoms with E-state index in [1.807, 2.05) is 72.8 Å². The summed E-state index contributed by atoms with van der Waals surface area (Å²) >= 11 is 0. The van der Waals surface area contributed by atoms with Gasteiger partial charge in [-0.25, -0.2) is 9.97 Å². The van der Waals surface area contributed by atoms with Crippen LogP contribution >= 0.6 is 0 Å². The molecule has 8 rings (SSSR count). The number of fused-ring (bicyclic) bond motifs is 2. The first-order valence-corrected chi connectivity index (χ1v) is 16.8. The zero-order chi connectivity index (χ0) is 34.2. The van der Waals surface area contributed by atoms with Crippen LogP contribution in [0.4, 0.5) is 0 Å². The summed E-state index contributed by atoms with van der Waals surface area (Å²) in [5.41, 5.74) is 14.9. The molecule has 0 aliphatic heterocycles. The van der Waals surface area contributed by atoms with Gasteiger partial charge >= 0.3 is 0 Å². The Bertz CT molecular complexity index is 2410. The van der Waals surface area contributed by atoms with Gasteiger partial charge in [-0.3, -0.25) is 0 Å². The Hall–Kier alpha value is -6.62. The lowest BCUT2D eigenvalue weighted by Gasteiger charge is -2.34. The second-order valence-electron chi connectivity index (χ2n) is 12.9. The molecule has 1 aliphatic carbocycles. The Morgan fingerprint density at radius 2 is 1.08 bits per heavy atom. The number of benzene rings is 6. The topological polar surface area (TPSA) is 73.4 Å². The van der Waals surface area contributed by atoms with Crippen molar-refractivity contribution in [2.75, 3.05) is 0 Å². The van der Waals surface area contributed by atoms with Crippen molar-refractivity contribution >= 4 is 0 Å². The van der Waals surface area contributed by atoms with Crippen LogP contribution in [-0.2, 0) is 0 Å². The van der Waals surface area contributed by atoms with Crippen molar-refractivity contribution in [1.82, 2.24) is 9.97 Å². The largest absolute Gasteiger partial charge is 0.228 e. The number of hydrogen-bond acceptors (Lipinski definition) is 4. The summed E-state index contributed by atoms with van der Waals surface area (Å²) in [6, 6.07) is 54.3. The van der Waals surface area contributed by atoms with E-state index in [-0.39, 0.29) is 11.8 Å². The third-order valence-corrected chi connectivity index (χ3v) is 9.92. The van der Waals surface area contributed by atoms with Gasteiger partial charge in [-0.2, -0.15) is 10.5 Å². The van der Waals surface area contributed by atoms with Gasteiger partial charge < -0.3 is 0 Å². The first-order valence-electron chi connectivity index (χ1n) is 16.8. The molecular formula is C46H32N4. The number of hydrogen-bond donors (Lipinski definition) is 0. The van der Waals surface area contributed by atoms with Gasteiger partial charge in [-0.15, -0.1) is 0 Å². The summed E-state index contributed by atoms with van der Waals surface area (Å²) in [6.45, 7) is 4.31. The maximum Gasteiger partial charge on any atom is 0.160 e. The fourth-order valence-electron chi connectivity index (χ4n) is 7.38. The standard InChI is InChI=1S/C46H32N4/c1-29-23-36(28-48)42(25-40(29)45-38-16-10-9-15-37(38)30(2)41-24-31(27-47)17-22-39(41)45)32-18-20-35(21-19-32)46-49-43(33-11-5-3-6-12-33)26-44(50-46)34-13-7-4-8-14-34/h3-26,30,45H,1-2H3. The van der Waals surface area contributed by atoms with Crippen molar-refractivity contribution in [2.24, 2.45) is 0 Å². The molecule has 2 unspecified atom stereocenters. The summed E-state index contributed by atoms with van der Waals surface area (Å²) in [5.74, 6) is 0.783. The summed E-state index contributed by atoms with van der Waals surface area (Å²) in [4.78, 5) is 10.00. The summed E-state index contributed by atoms with van der Waals surface area (Å²) < 4.78 is 0. The molecule has 236 valence electrons. The van der Waals surface area contributed by atoms with Gasteiger partial charge in [0.15, 0.2) is 5.82 Å². The van der Waals surface area contributed by atoms with Crippen molar-refractivity contribution in [3.8, 4) is 57.2 Å². The number of rotatable bonds is 5. The second kappa shape index (κ2) is 12.8. The highest BCUT2D eigenvalue weighted by Crippen LogP contribution is 2.48. The van der Waals surface area contributed by atoms with E-state index in [4.69, 9.17) is 9.97 Å². The van der Waals surface area contributed by atoms with Crippen molar-refractivity contribution in [1.29, 1.82) is 10.5 Å². The Morgan fingerprint density at radius 1 is 0.500 bits per heavy atom. The highest BCUT2D eigenvalue weighted by molar-refractivity contribution is 5.77. The van der Waals surface area contributed by atoms with E-state index in [1.165, 1.54) is 22.3 Å². The maximum absolute atomic E-state index is 10.3. The first kappa shape index (κ1) is 30.7. The van der Waals surface area contributed by atoms with Crippen molar-refractivity contribution < 1.29 is 0 Å². The molecule has 0 N–H and O–H groups in total. The van der Waals surface area contributed by atoms with E-state index in [2.05, 4.69) is 98.8 Å². The van der Waals surface area contributed by atoms with Crippen LogP contribution < -0.4 is 0 Å². The predicted octanol–water partition coefficient (Wildman–Crippen LogP) is 10.8. The van der Waals surface area contributed by atoms with Crippen LogP contribution in [0.5, 0.6) is 0 Å². The van der Waals surface area contributed by atoms with E-state index in [0.717, 1.165) is 50.3 Å². The smallest absolute Gasteiger partial charge is 0.160 e. The first-order chi connectivity index (χ1) is 24.5. The third kappa shape index (κ3) is 5.44. The normalized spacial score (nSPS) is 14.6. The molecule has 0 amide bonds. The van der Waals surface area contributed by atoms with Crippen molar-refractivity contribution in [3.05, 3.63) is 190 Å². The molecule has 2 atom stereocenters. The van der Waals surface area contributed by atoms with Crippen LogP contribution in [-0.4, -0.2) is 9.97 Å². The Kier molecular flexibility index (Phi) is 7.84. The molecule has 1 heterocycles. The summed E-state index contributed by atoms with van der Waals surface area (Å²) in [5, 5.41) is 20.0. The lowest BCUT2D eigenvalue weighted by Crippen LogP contribution is -2.19. The quantitative estimate of drug-likeness (QED) is 0.188. The van der Waals surface area contributed by atoms with Gasteiger partial charge in [0.05, 0.1) is 34.7 Å². The Morgan fingerprint density at radius 3 is 1.70 bits per heavy atom. The lowest BCUT2D eigenvalue weighted by molar-refractivity contribution is 0.791. The molecule has 0 saturated carbocycles. The third-order valence-electron chi connectivity index (χ3n) is 9.92. The lowest BCUT2D eigenvalue weighted by atomic mass is 9.69. The van der Waals surface area contributed by atoms with Gasteiger partial charge in [0.25, 0.3) is 0 Å². The zero-order valence-corrected chi connectivity index (χ0v) is 27.8. The van der Waals surface area contributed by atoms with Crippen LogP contribution in [0.3, 0.4) is 0 Å². The van der Waals surface area contributed by atoms with Crippen molar-refractivity contribution in [2.45, 2.75) is 25.7 Å². The molecule has 0 bridgehead atoms. The molecule has 4 nitrogen and oxygen atoms in total. The van der Waals surface area contributed by atoms with Crippen LogP contribution in [0.1, 0.15) is 63.3 Å². The van der Waals surface area contributed by atoms with Crippen LogP contribution in [0.15, 0.2) is 146 Å². The van der Waals surface area contributed by atoms with Gasteiger partial charge in [-0.05, 0) is 81.8 Å². The molecule has 0 spiro atoms. The van der Waals surface area contributed by atoms with E-state index < -0.39 is 0 Å². The molecule has 50 heavy (non-hydrogen) atoms. The van der Waals surface area contributed by atoms with Gasteiger partial charge in [0.2, 0.25) is 0 Å². The molecular weight excluding hydrogens is 609 g/mol. The van der Waals surface area contributed by atoms with Crippen LogP contribution in [0.2, 0.25) is 0 Å². The Balaban J connectivity index is 1.24. The summed E-state index contributed by atoms with van der Waals surface area (Å²) in [7, 11) is 0. The van der Waals surface area contributed by atoms with E-state index in [0.29, 0.717) is 17.0 Å². The number of aromatic nitrogens is 2. The minimum atomic E-state index is -0.0264. The molecule has 0 fully saturated rings. The van der Waals surface area contributed by atoms with E-state index in [9.17, 15) is 10.5 Å². The SMILES string of the molecule is Cc1cc(C#N)c(-c2ccc(-c3nc(-c4ccccc4)cc(-c4ccccc4)n3)cc2)cc1C1c2ccccc2C(C)c2cc(C#N)ccc21. The van der Waals surface area contributed by atoms with E-state index >= 15 is 0 Å². The minimum Gasteiger partial charge on any atom is -0.228 e. The van der Waals surface area contributed by atoms with E-state index in [1.54, 1.807) is 0 Å². The molecule has 0 radical (unpaired) electrons. The minimum absolute atomic E-state index is 0.0264. The van der Waals surface area contributed by atoms with Crippen LogP contribution in [0.25, 0.3) is 45.0 Å². The number of nitriles is 2. The highest BCUT2D eigenvalue weighted by atomic mass is 14.9. The molecule has 1 aromatic heterocycles. The maximum atomic E-state index is 10.3. The average Bonchev–Trinajstić information content (AvgIpc) is 3.19. The molecule has 4 heteroatoms. The van der Waals surface area contributed by atoms with Gasteiger partial charge in [0.1, 0.15) is 0 Å². The second-order valence-corrected chi connectivity index (χ2v) is 12.9. The highest BCUT2D eigenvalue weighted by Gasteiger charge is 2.32. The molecule has 1 aliphatic rings. The molecule has 6 aromatic carbocycles. The van der Waals surface area contributed by atoms with Crippen LogP contribution in [0, 0.1) is 29.6 Å². The average molecular weight is 641 g/mol. The summed E-state index contributed by atoms with van der Waals surface area (Å²) in [6.07, 6.45) is 0. The van der Waals surface area contributed by atoms with Gasteiger partial charge in [0, 0.05) is 28.5 Å². The monoisotopic (exact) mass is 640 g/mol. The number of aryl methyl sites for hydroxylation is 1. The predicted molar refractivity (Wildman–Crippen MR) is 199 cm³/mol. The fraction of sp³-hybridized carbons (Fsp3) is 0.0870. The number of nitrogens with zero attached hydrogens (tertiary/aromatic N) is 4. The molecule has 7 aromatic rings.